The summed E-state index contributed by atoms with van der Waals surface area (Å²) in [6.07, 6.45) is 7.55. The van der Waals surface area contributed by atoms with Gasteiger partial charge in [-0.3, -0.25) is 9.89 Å². The number of hydrogen-bond acceptors (Lipinski definition) is 4. The van der Waals surface area contributed by atoms with E-state index >= 15 is 0 Å². The molecule has 0 radical (unpaired) electrons. The lowest BCUT2D eigenvalue weighted by molar-refractivity contribution is 0.242. The lowest BCUT2D eigenvalue weighted by Gasteiger charge is -2.24. The molecule has 0 amide bonds. The van der Waals surface area contributed by atoms with Crippen LogP contribution in [-0.2, 0) is 6.54 Å². The minimum atomic E-state index is 0. The van der Waals surface area contributed by atoms with Crippen LogP contribution in [0.15, 0.2) is 17.1 Å². The summed E-state index contributed by atoms with van der Waals surface area (Å²) in [5, 5.41) is 7.60. The summed E-state index contributed by atoms with van der Waals surface area (Å²) in [7, 11) is 1.82. The van der Waals surface area contributed by atoms with Crippen molar-refractivity contribution in [2.75, 3.05) is 33.4 Å². The van der Waals surface area contributed by atoms with Crippen LogP contribution in [0.5, 0.6) is 11.5 Å². The van der Waals surface area contributed by atoms with Gasteiger partial charge in [-0.2, -0.15) is 0 Å². The van der Waals surface area contributed by atoms with Crippen molar-refractivity contribution in [2.24, 2.45) is 4.99 Å². The molecule has 1 atom stereocenters. The zero-order valence-corrected chi connectivity index (χ0v) is 20.2. The van der Waals surface area contributed by atoms with E-state index in [2.05, 4.69) is 20.5 Å². The van der Waals surface area contributed by atoms with Crippen LogP contribution in [0, 0.1) is 0 Å². The monoisotopic (exact) mass is 534 g/mol. The van der Waals surface area contributed by atoms with Crippen LogP contribution in [-0.4, -0.2) is 56.3 Å². The predicted octanol–water partition coefficient (Wildman–Crippen LogP) is 3.80. The van der Waals surface area contributed by atoms with E-state index < -0.39 is 0 Å². The second-order valence-corrected chi connectivity index (χ2v) is 8.35. The Labute approximate surface area is 195 Å². The van der Waals surface area contributed by atoms with Gasteiger partial charge in [0, 0.05) is 45.2 Å². The van der Waals surface area contributed by atoms with Gasteiger partial charge in [0.1, 0.15) is 0 Å². The van der Waals surface area contributed by atoms with Crippen molar-refractivity contribution in [1.82, 2.24) is 15.5 Å². The topological polar surface area (TPSA) is 58.1 Å². The molecule has 2 heterocycles. The minimum Gasteiger partial charge on any atom is -0.489 e. The number of nitrogens with zero attached hydrogens (tertiary/aromatic N) is 2. The first kappa shape index (κ1) is 22.7. The summed E-state index contributed by atoms with van der Waals surface area (Å²) >= 11 is 6.40. The average molecular weight is 535 g/mol. The largest absolute Gasteiger partial charge is 0.489 e. The second kappa shape index (κ2) is 10.9. The molecule has 3 aliphatic rings. The summed E-state index contributed by atoms with van der Waals surface area (Å²) in [4.78, 5) is 7.06. The molecule has 1 saturated heterocycles. The summed E-state index contributed by atoms with van der Waals surface area (Å²) in [6.45, 7) is 4.23. The first-order chi connectivity index (χ1) is 13.7. The molecule has 1 aromatic carbocycles. The van der Waals surface area contributed by atoms with E-state index in [1.807, 2.05) is 19.2 Å². The smallest absolute Gasteiger partial charge is 0.191 e. The maximum atomic E-state index is 6.40. The average Bonchev–Trinajstić information content (AvgIpc) is 3.33. The third kappa shape index (κ3) is 5.82. The van der Waals surface area contributed by atoms with E-state index in [4.69, 9.17) is 21.1 Å². The molecule has 0 bridgehead atoms. The van der Waals surface area contributed by atoms with Gasteiger partial charge in [0.15, 0.2) is 17.5 Å². The standard InChI is InChI=1S/C21H31ClN4O2.HI/c1-23-21(25-16-7-8-26(14-16)17-5-2-3-6-17)24-13-15-11-18(22)20-19(12-15)27-9-4-10-28-20;/h11-12,16-17H,2-10,13-14H2,1H3,(H2,23,24,25);1H. The highest BCUT2D eigenvalue weighted by Gasteiger charge is 2.30. The van der Waals surface area contributed by atoms with Crippen LogP contribution < -0.4 is 20.1 Å². The van der Waals surface area contributed by atoms with Gasteiger partial charge in [-0.1, -0.05) is 24.4 Å². The number of hydrogen-bond donors (Lipinski definition) is 2. The Morgan fingerprint density at radius 3 is 2.76 bits per heavy atom. The van der Waals surface area contributed by atoms with Crippen molar-refractivity contribution in [3.05, 3.63) is 22.7 Å². The lowest BCUT2D eigenvalue weighted by atomic mass is 10.2. The molecule has 1 aromatic rings. The fraction of sp³-hybridized carbons (Fsp3) is 0.667. The van der Waals surface area contributed by atoms with Crippen LogP contribution in [0.1, 0.15) is 44.1 Å². The SMILES string of the molecule is CN=C(NCc1cc(Cl)c2c(c1)OCCCO2)NC1CCN(C2CCCC2)C1.I. The minimum absolute atomic E-state index is 0. The second-order valence-electron chi connectivity index (χ2n) is 7.94. The molecule has 8 heteroatoms. The molecule has 162 valence electrons. The maximum absolute atomic E-state index is 6.40. The molecule has 2 aliphatic heterocycles. The Morgan fingerprint density at radius 2 is 1.97 bits per heavy atom. The molecule has 1 aliphatic carbocycles. The fourth-order valence-corrected chi connectivity index (χ4v) is 4.75. The van der Waals surface area contributed by atoms with Crippen LogP contribution in [0.3, 0.4) is 0 Å². The van der Waals surface area contributed by atoms with Gasteiger partial charge in [-0.25, -0.2) is 0 Å². The van der Waals surface area contributed by atoms with Crippen LogP contribution >= 0.6 is 35.6 Å². The number of likely N-dealkylation sites (tertiary alicyclic amines) is 1. The van der Waals surface area contributed by atoms with Crippen molar-refractivity contribution < 1.29 is 9.47 Å². The number of benzene rings is 1. The molecule has 4 rings (SSSR count). The Kier molecular flexibility index (Phi) is 8.56. The van der Waals surface area contributed by atoms with Gasteiger partial charge in [-0.05, 0) is 37.0 Å². The Bertz CT molecular complexity index is 712. The normalized spacial score (nSPS) is 22.8. The van der Waals surface area contributed by atoms with Gasteiger partial charge in [0.05, 0.1) is 18.2 Å². The predicted molar refractivity (Wildman–Crippen MR) is 128 cm³/mol. The van der Waals surface area contributed by atoms with Crippen LogP contribution in [0.2, 0.25) is 5.02 Å². The van der Waals surface area contributed by atoms with E-state index in [0.29, 0.717) is 36.6 Å². The highest BCUT2D eigenvalue weighted by atomic mass is 127. The van der Waals surface area contributed by atoms with E-state index in [1.165, 1.54) is 38.6 Å². The number of rotatable bonds is 4. The van der Waals surface area contributed by atoms with Gasteiger partial charge in [0.25, 0.3) is 0 Å². The number of nitrogens with one attached hydrogen (secondary N) is 2. The quantitative estimate of drug-likeness (QED) is 0.350. The highest BCUT2D eigenvalue weighted by molar-refractivity contribution is 14.0. The number of fused-ring (bicyclic) bond motifs is 1. The fourth-order valence-electron chi connectivity index (χ4n) is 4.47. The molecule has 0 aromatic heterocycles. The van der Waals surface area contributed by atoms with E-state index in [0.717, 1.165) is 36.3 Å². The maximum Gasteiger partial charge on any atom is 0.191 e. The molecule has 0 spiro atoms. The number of ether oxygens (including phenoxy) is 2. The molecule has 1 saturated carbocycles. The van der Waals surface area contributed by atoms with Crippen molar-refractivity contribution >= 4 is 41.5 Å². The van der Waals surface area contributed by atoms with Crippen molar-refractivity contribution in [3.63, 3.8) is 0 Å². The van der Waals surface area contributed by atoms with Crippen molar-refractivity contribution in [3.8, 4) is 11.5 Å². The zero-order chi connectivity index (χ0) is 19.3. The molecule has 2 N–H and O–H groups in total. The third-order valence-electron chi connectivity index (χ3n) is 5.95. The molecule has 29 heavy (non-hydrogen) atoms. The Morgan fingerprint density at radius 1 is 1.17 bits per heavy atom. The Hall–Kier alpha value is -0.930. The first-order valence-electron chi connectivity index (χ1n) is 10.5. The van der Waals surface area contributed by atoms with E-state index in [1.54, 1.807) is 0 Å². The highest BCUT2D eigenvalue weighted by Crippen LogP contribution is 2.38. The van der Waals surface area contributed by atoms with Crippen LogP contribution in [0.25, 0.3) is 0 Å². The van der Waals surface area contributed by atoms with E-state index in [9.17, 15) is 0 Å². The molecule has 1 unspecified atom stereocenters. The molecule has 2 fully saturated rings. The molecular formula is C21H32ClIN4O2. The van der Waals surface area contributed by atoms with Crippen molar-refractivity contribution in [1.29, 1.82) is 0 Å². The van der Waals surface area contributed by atoms with Gasteiger partial charge in [-0.15, -0.1) is 24.0 Å². The van der Waals surface area contributed by atoms with Gasteiger partial charge >= 0.3 is 0 Å². The van der Waals surface area contributed by atoms with Crippen molar-refractivity contribution in [2.45, 2.75) is 57.2 Å². The summed E-state index contributed by atoms with van der Waals surface area (Å²) in [5.41, 5.74) is 1.05. The van der Waals surface area contributed by atoms with Gasteiger partial charge in [0.2, 0.25) is 0 Å². The summed E-state index contributed by atoms with van der Waals surface area (Å²) in [6, 6.07) is 5.20. The van der Waals surface area contributed by atoms with E-state index in [-0.39, 0.29) is 24.0 Å². The number of guanidine groups is 1. The summed E-state index contributed by atoms with van der Waals surface area (Å²) < 4.78 is 11.5. The van der Waals surface area contributed by atoms with Gasteiger partial charge < -0.3 is 20.1 Å². The number of halogens is 2. The lowest BCUT2D eigenvalue weighted by Crippen LogP contribution is -2.45. The molecular weight excluding hydrogens is 503 g/mol. The first-order valence-corrected chi connectivity index (χ1v) is 10.9. The third-order valence-corrected chi connectivity index (χ3v) is 6.23. The van der Waals surface area contributed by atoms with Crippen LogP contribution in [0.4, 0.5) is 0 Å². The zero-order valence-electron chi connectivity index (χ0n) is 17.1. The Balaban J connectivity index is 0.00000240. The number of aliphatic imine (C=N–C) groups is 1. The summed E-state index contributed by atoms with van der Waals surface area (Å²) in [5.74, 6) is 2.22. The molecule has 6 nitrogen and oxygen atoms in total.